The van der Waals surface area contributed by atoms with Crippen molar-refractivity contribution in [2.24, 2.45) is 0 Å². The minimum Gasteiger partial charge on any atom is -0.491 e. The van der Waals surface area contributed by atoms with E-state index in [1.54, 1.807) is 36.4 Å². The van der Waals surface area contributed by atoms with Gasteiger partial charge in [0, 0.05) is 21.7 Å². The van der Waals surface area contributed by atoms with E-state index in [4.69, 9.17) is 49.0 Å². The number of hydrogen-bond donors (Lipinski definition) is 0. The molecular weight excluding hydrogens is 399 g/mol. The first-order valence-corrected chi connectivity index (χ1v) is 8.87. The molecular formula is C19H17Cl3O4. The van der Waals surface area contributed by atoms with E-state index in [0.29, 0.717) is 44.3 Å². The molecule has 0 N–H and O–H groups in total. The van der Waals surface area contributed by atoms with Crippen molar-refractivity contribution in [3.05, 3.63) is 62.6 Å². The third-order valence-corrected chi connectivity index (χ3v) is 4.36. The van der Waals surface area contributed by atoms with Gasteiger partial charge in [-0.2, -0.15) is 0 Å². The van der Waals surface area contributed by atoms with Crippen molar-refractivity contribution in [3.63, 3.8) is 0 Å². The Labute approximate surface area is 167 Å². The highest BCUT2D eigenvalue weighted by molar-refractivity contribution is 6.36. The summed E-state index contributed by atoms with van der Waals surface area (Å²) >= 11 is 18.3. The smallest absolute Gasteiger partial charge is 0.331 e. The molecule has 0 saturated carbocycles. The number of carbonyl (C=O) groups is 1. The van der Waals surface area contributed by atoms with Gasteiger partial charge >= 0.3 is 5.97 Å². The van der Waals surface area contributed by atoms with Crippen LogP contribution in [0.25, 0.3) is 6.08 Å². The molecule has 0 spiro atoms. The van der Waals surface area contributed by atoms with Crippen LogP contribution in [0.2, 0.25) is 15.1 Å². The van der Waals surface area contributed by atoms with Crippen LogP contribution in [0.4, 0.5) is 0 Å². The van der Waals surface area contributed by atoms with Crippen LogP contribution < -0.4 is 9.47 Å². The highest BCUT2D eigenvalue weighted by atomic mass is 35.5. The summed E-state index contributed by atoms with van der Waals surface area (Å²) in [6.07, 6.45) is 2.86. The predicted molar refractivity (Wildman–Crippen MR) is 104 cm³/mol. The maximum Gasteiger partial charge on any atom is 0.331 e. The lowest BCUT2D eigenvalue weighted by Gasteiger charge is -2.11. The van der Waals surface area contributed by atoms with E-state index in [1.807, 2.05) is 6.92 Å². The number of esters is 1. The summed E-state index contributed by atoms with van der Waals surface area (Å²) < 4.78 is 15.9. The number of halogens is 3. The second-order valence-corrected chi connectivity index (χ2v) is 6.33. The summed E-state index contributed by atoms with van der Waals surface area (Å²) in [5.41, 5.74) is 1.23. The van der Waals surface area contributed by atoms with E-state index in [9.17, 15) is 4.79 Å². The Hall–Kier alpha value is -1.88. The Morgan fingerprint density at radius 3 is 2.42 bits per heavy atom. The average Bonchev–Trinajstić information content (AvgIpc) is 2.59. The summed E-state index contributed by atoms with van der Waals surface area (Å²) in [7, 11) is 1.51. The van der Waals surface area contributed by atoms with Crippen molar-refractivity contribution in [2.45, 2.75) is 13.5 Å². The Kier molecular flexibility index (Phi) is 7.64. The molecule has 0 heterocycles. The Bertz CT molecular complexity index is 798. The van der Waals surface area contributed by atoms with E-state index in [0.717, 1.165) is 0 Å². The van der Waals surface area contributed by atoms with Gasteiger partial charge in [0.25, 0.3) is 0 Å². The minimum atomic E-state index is -0.536. The molecule has 4 nitrogen and oxygen atoms in total. The lowest BCUT2D eigenvalue weighted by atomic mass is 10.2. The highest BCUT2D eigenvalue weighted by Gasteiger charge is 2.11. The van der Waals surface area contributed by atoms with Gasteiger partial charge in [-0.15, -0.1) is 0 Å². The molecule has 0 aliphatic heterocycles. The van der Waals surface area contributed by atoms with Gasteiger partial charge in [-0.1, -0.05) is 40.9 Å². The van der Waals surface area contributed by atoms with Gasteiger partial charge in [-0.3, -0.25) is 0 Å². The third-order valence-electron chi connectivity index (χ3n) is 3.37. The van der Waals surface area contributed by atoms with Crippen molar-refractivity contribution in [2.75, 3.05) is 13.7 Å². The van der Waals surface area contributed by atoms with Crippen molar-refractivity contribution in [1.29, 1.82) is 0 Å². The van der Waals surface area contributed by atoms with Crippen LogP contribution in [0.5, 0.6) is 11.5 Å². The normalized spacial score (nSPS) is 10.8. The van der Waals surface area contributed by atoms with Crippen LogP contribution in [0.3, 0.4) is 0 Å². The maximum absolute atomic E-state index is 11.9. The molecule has 0 aromatic heterocycles. The second kappa shape index (κ2) is 9.72. The number of benzene rings is 2. The second-order valence-electron chi connectivity index (χ2n) is 5.11. The van der Waals surface area contributed by atoms with Crippen LogP contribution in [-0.2, 0) is 16.1 Å². The van der Waals surface area contributed by atoms with E-state index in [2.05, 4.69) is 0 Å². The maximum atomic E-state index is 11.9. The molecule has 2 aromatic rings. The molecule has 26 heavy (non-hydrogen) atoms. The van der Waals surface area contributed by atoms with Gasteiger partial charge in [0.05, 0.1) is 18.7 Å². The molecule has 138 valence electrons. The topological polar surface area (TPSA) is 44.8 Å². The minimum absolute atomic E-state index is 0.0186. The van der Waals surface area contributed by atoms with Gasteiger partial charge in [0.1, 0.15) is 6.61 Å². The van der Waals surface area contributed by atoms with Crippen LogP contribution in [0.15, 0.2) is 36.4 Å². The summed E-state index contributed by atoms with van der Waals surface area (Å²) in [4.78, 5) is 11.9. The first kappa shape index (κ1) is 20.4. The van der Waals surface area contributed by atoms with Gasteiger partial charge in [-0.25, -0.2) is 4.79 Å². The zero-order valence-electron chi connectivity index (χ0n) is 14.2. The SMILES string of the molecule is CCOc1cc(/C=C/C(=O)OCc2c(Cl)cccc2Cl)cc(Cl)c1OC. The Balaban J connectivity index is 2.08. The number of methoxy groups -OCH3 is 1. The fraction of sp³-hybridized carbons (Fsp3) is 0.211. The monoisotopic (exact) mass is 414 g/mol. The number of carbonyl (C=O) groups excluding carboxylic acids is 1. The van der Waals surface area contributed by atoms with Crippen molar-refractivity contribution < 1.29 is 19.0 Å². The van der Waals surface area contributed by atoms with Crippen molar-refractivity contribution >= 4 is 46.8 Å². The Morgan fingerprint density at radius 2 is 1.81 bits per heavy atom. The average molecular weight is 416 g/mol. The van der Waals surface area contributed by atoms with Crippen molar-refractivity contribution in [1.82, 2.24) is 0 Å². The molecule has 0 saturated heterocycles. The van der Waals surface area contributed by atoms with Crippen LogP contribution in [0, 0.1) is 0 Å². The van der Waals surface area contributed by atoms with Crippen LogP contribution >= 0.6 is 34.8 Å². The first-order chi connectivity index (χ1) is 12.5. The molecule has 0 aliphatic rings. The summed E-state index contributed by atoms with van der Waals surface area (Å²) in [5, 5.41) is 1.27. The van der Waals surface area contributed by atoms with Gasteiger partial charge in [-0.05, 0) is 42.8 Å². The van der Waals surface area contributed by atoms with E-state index in [1.165, 1.54) is 13.2 Å². The lowest BCUT2D eigenvalue weighted by molar-refractivity contribution is -0.138. The fourth-order valence-corrected chi connectivity index (χ4v) is 2.97. The van der Waals surface area contributed by atoms with E-state index >= 15 is 0 Å². The zero-order chi connectivity index (χ0) is 19.1. The molecule has 0 atom stereocenters. The zero-order valence-corrected chi connectivity index (χ0v) is 16.5. The van der Waals surface area contributed by atoms with E-state index in [-0.39, 0.29) is 6.61 Å². The molecule has 0 bridgehead atoms. The first-order valence-electron chi connectivity index (χ1n) is 7.74. The molecule has 0 unspecified atom stereocenters. The molecule has 0 radical (unpaired) electrons. The van der Waals surface area contributed by atoms with Gasteiger partial charge < -0.3 is 14.2 Å². The standard InChI is InChI=1S/C19H17Cl3O4/c1-3-25-17-10-12(9-16(22)19(17)24-2)7-8-18(23)26-11-13-14(20)5-4-6-15(13)21/h4-10H,3,11H2,1-2H3/b8-7+. The predicted octanol–water partition coefficient (Wildman–Crippen LogP) is 5.81. The third kappa shape index (κ3) is 5.31. The lowest BCUT2D eigenvalue weighted by Crippen LogP contribution is -2.02. The highest BCUT2D eigenvalue weighted by Crippen LogP contribution is 2.36. The molecule has 0 amide bonds. The van der Waals surface area contributed by atoms with Gasteiger partial charge in [0.2, 0.25) is 0 Å². The van der Waals surface area contributed by atoms with Crippen molar-refractivity contribution in [3.8, 4) is 11.5 Å². The number of rotatable bonds is 7. The van der Waals surface area contributed by atoms with Gasteiger partial charge in [0.15, 0.2) is 11.5 Å². The summed E-state index contributed by atoms with van der Waals surface area (Å²) in [5.74, 6) is 0.408. The molecule has 7 heteroatoms. The van der Waals surface area contributed by atoms with E-state index < -0.39 is 5.97 Å². The molecule has 2 aromatic carbocycles. The quantitative estimate of drug-likeness (QED) is 0.423. The number of ether oxygens (including phenoxy) is 3. The molecule has 2 rings (SSSR count). The summed E-state index contributed by atoms with van der Waals surface area (Å²) in [6.45, 7) is 2.29. The van der Waals surface area contributed by atoms with Crippen LogP contribution in [0.1, 0.15) is 18.1 Å². The molecule has 0 fully saturated rings. The fourth-order valence-electron chi connectivity index (χ4n) is 2.17. The number of hydrogen-bond acceptors (Lipinski definition) is 4. The summed E-state index contributed by atoms with van der Waals surface area (Å²) in [6, 6.07) is 8.47. The Morgan fingerprint density at radius 1 is 1.12 bits per heavy atom. The largest absolute Gasteiger partial charge is 0.491 e. The van der Waals surface area contributed by atoms with Crippen LogP contribution in [-0.4, -0.2) is 19.7 Å². The molecule has 0 aliphatic carbocycles.